The molecule has 0 radical (unpaired) electrons. The Hall–Kier alpha value is -2.96. The highest BCUT2D eigenvalue weighted by Crippen LogP contribution is 2.24. The third-order valence-electron chi connectivity index (χ3n) is 5.13. The first-order valence-electron chi connectivity index (χ1n) is 10.6. The molecule has 1 amide bonds. The molecule has 1 aromatic carbocycles. The maximum Gasteiger partial charge on any atom is 0.355 e. The smallest absolute Gasteiger partial charge is 0.355 e. The molecule has 0 bridgehead atoms. The molecule has 0 fully saturated rings. The van der Waals surface area contributed by atoms with Crippen LogP contribution in [0.15, 0.2) is 24.3 Å². The monoisotopic (exact) mass is 430 g/mol. The van der Waals surface area contributed by atoms with Crippen molar-refractivity contribution in [2.75, 3.05) is 19.7 Å². The van der Waals surface area contributed by atoms with Gasteiger partial charge in [-0.25, -0.2) is 9.18 Å². The summed E-state index contributed by atoms with van der Waals surface area (Å²) in [4.78, 5) is 40.3. The van der Waals surface area contributed by atoms with Crippen molar-refractivity contribution in [2.45, 2.75) is 48.1 Å². The minimum absolute atomic E-state index is 0.133. The Kier molecular flexibility index (Phi) is 8.14. The highest BCUT2D eigenvalue weighted by Gasteiger charge is 2.29. The summed E-state index contributed by atoms with van der Waals surface area (Å²) >= 11 is 0. The molecule has 168 valence electrons. The van der Waals surface area contributed by atoms with Crippen LogP contribution in [0.3, 0.4) is 0 Å². The zero-order chi connectivity index (χ0) is 23.3. The minimum atomic E-state index is -0.467. The fourth-order valence-corrected chi connectivity index (χ4v) is 3.85. The van der Waals surface area contributed by atoms with E-state index in [1.54, 1.807) is 25.3 Å². The Bertz CT molecular complexity index is 961. The summed E-state index contributed by atoms with van der Waals surface area (Å²) in [5, 5.41) is 0. The minimum Gasteiger partial charge on any atom is -0.461 e. The van der Waals surface area contributed by atoms with Crippen LogP contribution in [0.1, 0.15) is 70.2 Å². The van der Waals surface area contributed by atoms with E-state index in [-0.39, 0.29) is 30.8 Å². The molecular weight excluding hydrogens is 399 g/mol. The van der Waals surface area contributed by atoms with E-state index in [2.05, 4.69) is 0 Å². The second-order valence-electron chi connectivity index (χ2n) is 7.91. The van der Waals surface area contributed by atoms with Crippen LogP contribution in [0, 0.1) is 25.6 Å². The van der Waals surface area contributed by atoms with Gasteiger partial charge in [0, 0.05) is 29.9 Å². The van der Waals surface area contributed by atoms with Gasteiger partial charge in [-0.3, -0.25) is 9.59 Å². The summed E-state index contributed by atoms with van der Waals surface area (Å²) in [6.45, 7) is 12.1. The number of aromatic nitrogens is 1. The van der Waals surface area contributed by atoms with Crippen molar-refractivity contribution in [3.05, 3.63) is 58.2 Å². The van der Waals surface area contributed by atoms with Crippen molar-refractivity contribution < 1.29 is 23.5 Å². The molecule has 0 saturated carbocycles. The number of ether oxygens (including phenoxy) is 1. The lowest BCUT2D eigenvalue weighted by Gasteiger charge is -2.24. The fourth-order valence-electron chi connectivity index (χ4n) is 3.85. The van der Waals surface area contributed by atoms with Gasteiger partial charge in [0.15, 0.2) is 5.78 Å². The molecule has 31 heavy (non-hydrogen) atoms. The molecule has 0 saturated heterocycles. The summed E-state index contributed by atoms with van der Waals surface area (Å²) in [6, 6.07) is 5.28. The van der Waals surface area contributed by atoms with Crippen LogP contribution < -0.4 is 0 Å². The Labute approximate surface area is 183 Å². The lowest BCUT2D eigenvalue weighted by Crippen LogP contribution is -2.38. The first kappa shape index (κ1) is 24.3. The lowest BCUT2D eigenvalue weighted by molar-refractivity contribution is 0.0512. The first-order chi connectivity index (χ1) is 14.6. The van der Waals surface area contributed by atoms with Gasteiger partial charge in [0.2, 0.25) is 0 Å². The van der Waals surface area contributed by atoms with Crippen LogP contribution in [0.5, 0.6) is 0 Å². The van der Waals surface area contributed by atoms with E-state index < -0.39 is 11.8 Å². The average molecular weight is 431 g/mol. The van der Waals surface area contributed by atoms with Gasteiger partial charge in [0.25, 0.3) is 5.91 Å². The molecule has 6 nitrogen and oxygen atoms in total. The number of rotatable bonds is 9. The van der Waals surface area contributed by atoms with E-state index in [4.69, 9.17) is 4.74 Å². The van der Waals surface area contributed by atoms with Crippen LogP contribution in [0.4, 0.5) is 4.39 Å². The molecule has 0 atom stereocenters. The highest BCUT2D eigenvalue weighted by atomic mass is 19.1. The van der Waals surface area contributed by atoms with E-state index in [1.807, 2.05) is 20.8 Å². The van der Waals surface area contributed by atoms with Crippen LogP contribution in [-0.4, -0.2) is 46.8 Å². The number of halogens is 1. The Balaban J connectivity index is 2.40. The van der Waals surface area contributed by atoms with Crippen molar-refractivity contribution in [1.82, 2.24) is 9.47 Å². The summed E-state index contributed by atoms with van der Waals surface area (Å²) in [6.07, 6.45) is 0. The maximum atomic E-state index is 13.3. The van der Waals surface area contributed by atoms with E-state index in [0.717, 1.165) is 0 Å². The normalized spacial score (nSPS) is 11.0. The van der Waals surface area contributed by atoms with Crippen LogP contribution in [0.25, 0.3) is 0 Å². The topological polar surface area (TPSA) is 68.6 Å². The van der Waals surface area contributed by atoms with Crippen LogP contribution in [-0.2, 0) is 11.3 Å². The molecule has 7 heteroatoms. The van der Waals surface area contributed by atoms with Gasteiger partial charge >= 0.3 is 5.97 Å². The summed E-state index contributed by atoms with van der Waals surface area (Å²) in [7, 11) is 0. The molecule has 1 heterocycles. The van der Waals surface area contributed by atoms with E-state index in [0.29, 0.717) is 41.2 Å². The lowest BCUT2D eigenvalue weighted by atomic mass is 10.0. The van der Waals surface area contributed by atoms with E-state index >= 15 is 0 Å². The number of amides is 1. The third kappa shape index (κ3) is 5.40. The van der Waals surface area contributed by atoms with Gasteiger partial charge < -0.3 is 14.2 Å². The number of carbonyl (C=O) groups is 3. The zero-order valence-corrected chi connectivity index (χ0v) is 19.1. The van der Waals surface area contributed by atoms with Gasteiger partial charge in [-0.1, -0.05) is 13.8 Å². The van der Waals surface area contributed by atoms with Crippen molar-refractivity contribution in [1.29, 1.82) is 0 Å². The van der Waals surface area contributed by atoms with Crippen LogP contribution in [0.2, 0.25) is 0 Å². The van der Waals surface area contributed by atoms with Gasteiger partial charge in [-0.15, -0.1) is 0 Å². The van der Waals surface area contributed by atoms with E-state index in [9.17, 15) is 18.8 Å². The molecule has 0 aliphatic rings. The standard InChI is InChI=1S/C24H31FN2O4/c1-7-27-17(6)21(16(5)22(27)24(30)31-8-2)20(28)14-26(13-15(3)4)23(29)18-9-11-19(25)12-10-18/h9-12,15H,7-8,13-14H2,1-6H3. The molecule has 0 N–H and O–H groups in total. The Morgan fingerprint density at radius 2 is 1.71 bits per heavy atom. The molecule has 1 aromatic heterocycles. The predicted octanol–water partition coefficient (Wildman–Crippen LogP) is 4.42. The van der Waals surface area contributed by atoms with Gasteiger partial charge in [0.1, 0.15) is 11.5 Å². The largest absolute Gasteiger partial charge is 0.461 e. The molecule has 0 aliphatic heterocycles. The molecule has 2 rings (SSSR count). The number of ketones is 1. The Morgan fingerprint density at radius 1 is 1.10 bits per heavy atom. The molecule has 0 spiro atoms. The number of Topliss-reactive ketones (excluding diaryl/α,β-unsaturated/α-hetero) is 1. The molecule has 2 aromatic rings. The van der Waals surface area contributed by atoms with Crippen LogP contribution >= 0.6 is 0 Å². The predicted molar refractivity (Wildman–Crippen MR) is 117 cm³/mol. The second kappa shape index (κ2) is 10.4. The molecule has 0 aliphatic carbocycles. The Morgan fingerprint density at radius 3 is 2.23 bits per heavy atom. The van der Waals surface area contributed by atoms with E-state index in [1.165, 1.54) is 29.2 Å². The third-order valence-corrected chi connectivity index (χ3v) is 5.13. The maximum absolute atomic E-state index is 13.3. The number of esters is 1. The number of hydrogen-bond donors (Lipinski definition) is 0. The van der Waals surface area contributed by atoms with Gasteiger partial charge in [-0.2, -0.15) is 0 Å². The summed E-state index contributed by atoms with van der Waals surface area (Å²) < 4.78 is 20.2. The van der Waals surface area contributed by atoms with Crippen molar-refractivity contribution >= 4 is 17.7 Å². The summed E-state index contributed by atoms with van der Waals surface area (Å²) in [5.74, 6) is -1.34. The second-order valence-corrected chi connectivity index (χ2v) is 7.91. The SMILES string of the molecule is CCOC(=O)c1c(C)c(C(=O)CN(CC(C)C)C(=O)c2ccc(F)cc2)c(C)n1CC. The van der Waals surface area contributed by atoms with Crippen molar-refractivity contribution in [3.8, 4) is 0 Å². The number of carbonyl (C=O) groups excluding carboxylic acids is 3. The molecular formula is C24H31FN2O4. The number of hydrogen-bond acceptors (Lipinski definition) is 4. The quantitative estimate of drug-likeness (QED) is 0.436. The fraction of sp³-hybridized carbons (Fsp3) is 0.458. The van der Waals surface area contributed by atoms with Gasteiger partial charge in [0.05, 0.1) is 13.2 Å². The number of benzene rings is 1. The van der Waals surface area contributed by atoms with Crippen molar-refractivity contribution in [3.63, 3.8) is 0 Å². The van der Waals surface area contributed by atoms with Crippen molar-refractivity contribution in [2.24, 2.45) is 5.92 Å². The highest BCUT2D eigenvalue weighted by molar-refractivity contribution is 6.06. The first-order valence-corrected chi connectivity index (χ1v) is 10.6. The zero-order valence-electron chi connectivity index (χ0n) is 19.1. The summed E-state index contributed by atoms with van der Waals surface area (Å²) in [5.41, 5.74) is 2.35. The van der Waals surface area contributed by atoms with Gasteiger partial charge in [-0.05, 0) is 63.4 Å². The average Bonchev–Trinajstić information content (AvgIpc) is 2.96. The number of nitrogens with zero attached hydrogens (tertiary/aromatic N) is 2. The molecule has 0 unspecified atom stereocenters.